The molecule has 6 nitrogen and oxygen atoms in total. The largest absolute Gasteiger partial charge is 0.503 e. The van der Waals surface area contributed by atoms with E-state index in [0.29, 0.717) is 30.3 Å². The number of aliphatic hydroxyl groups is 2. The van der Waals surface area contributed by atoms with E-state index in [1.54, 1.807) is 10.6 Å². The number of amides is 1. The van der Waals surface area contributed by atoms with Crippen molar-refractivity contribution in [3.63, 3.8) is 0 Å². The SMILES string of the molecule is NC(=O)/C(O)=c1\c(CCCO)c(Cc2ccccc2)n2ccc(=O)cc12. The summed E-state index contributed by atoms with van der Waals surface area (Å²) in [7, 11) is 0. The highest BCUT2D eigenvalue weighted by Crippen LogP contribution is 2.18. The quantitative estimate of drug-likeness (QED) is 0.607. The van der Waals surface area contributed by atoms with Gasteiger partial charge in [-0.3, -0.25) is 9.59 Å². The molecule has 6 heteroatoms. The Morgan fingerprint density at radius 2 is 1.88 bits per heavy atom. The van der Waals surface area contributed by atoms with Gasteiger partial charge in [-0.25, -0.2) is 0 Å². The van der Waals surface area contributed by atoms with Gasteiger partial charge >= 0.3 is 0 Å². The van der Waals surface area contributed by atoms with Crippen molar-refractivity contribution in [2.24, 2.45) is 5.73 Å². The number of nitrogens with zero attached hydrogens (tertiary/aromatic N) is 1. The summed E-state index contributed by atoms with van der Waals surface area (Å²) in [5.41, 5.74) is 8.11. The van der Waals surface area contributed by atoms with Crippen molar-refractivity contribution in [2.75, 3.05) is 6.61 Å². The third-order valence-corrected chi connectivity index (χ3v) is 4.39. The van der Waals surface area contributed by atoms with Gasteiger partial charge in [0.1, 0.15) is 0 Å². The van der Waals surface area contributed by atoms with E-state index in [1.165, 1.54) is 12.1 Å². The molecule has 0 aliphatic heterocycles. The molecule has 0 radical (unpaired) electrons. The first-order chi connectivity index (χ1) is 12.5. The Morgan fingerprint density at radius 1 is 1.15 bits per heavy atom. The fourth-order valence-corrected chi connectivity index (χ4v) is 3.25. The van der Waals surface area contributed by atoms with E-state index >= 15 is 0 Å². The van der Waals surface area contributed by atoms with Crippen LogP contribution in [0.15, 0.2) is 53.5 Å². The highest BCUT2D eigenvalue weighted by Gasteiger charge is 2.19. The van der Waals surface area contributed by atoms with Crippen LogP contribution in [0.4, 0.5) is 0 Å². The van der Waals surface area contributed by atoms with Gasteiger partial charge in [0.15, 0.2) is 11.2 Å². The third-order valence-electron chi connectivity index (χ3n) is 4.39. The van der Waals surface area contributed by atoms with E-state index in [0.717, 1.165) is 11.3 Å². The molecule has 0 saturated heterocycles. The van der Waals surface area contributed by atoms with Crippen molar-refractivity contribution in [1.82, 2.24) is 4.40 Å². The predicted octanol–water partition coefficient (Wildman–Crippen LogP) is 0.686. The zero-order valence-corrected chi connectivity index (χ0v) is 14.2. The van der Waals surface area contributed by atoms with Gasteiger partial charge in [0.25, 0.3) is 5.91 Å². The van der Waals surface area contributed by atoms with E-state index in [9.17, 15) is 19.8 Å². The van der Waals surface area contributed by atoms with Gasteiger partial charge in [0, 0.05) is 37.1 Å². The van der Waals surface area contributed by atoms with E-state index < -0.39 is 11.7 Å². The molecule has 1 aromatic carbocycles. The Kier molecular flexibility index (Phi) is 5.04. The first kappa shape index (κ1) is 17.7. The number of carbonyl (C=O) groups is 1. The van der Waals surface area contributed by atoms with Crippen LogP contribution >= 0.6 is 0 Å². The number of rotatable bonds is 6. The van der Waals surface area contributed by atoms with Crippen molar-refractivity contribution in [1.29, 1.82) is 0 Å². The molecule has 0 fully saturated rings. The van der Waals surface area contributed by atoms with Crippen molar-refractivity contribution >= 4 is 17.2 Å². The second-order valence-electron chi connectivity index (χ2n) is 6.12. The van der Waals surface area contributed by atoms with Crippen LogP contribution in [0, 0.1) is 0 Å². The fourth-order valence-electron chi connectivity index (χ4n) is 3.25. The van der Waals surface area contributed by atoms with Crippen molar-refractivity contribution < 1.29 is 15.0 Å². The summed E-state index contributed by atoms with van der Waals surface area (Å²) in [5.74, 6) is -1.52. The first-order valence-electron chi connectivity index (χ1n) is 8.36. The molecule has 2 aromatic heterocycles. The number of primary amides is 1. The summed E-state index contributed by atoms with van der Waals surface area (Å²) in [5, 5.41) is 19.8. The summed E-state index contributed by atoms with van der Waals surface area (Å²) < 4.78 is 1.80. The zero-order chi connectivity index (χ0) is 18.7. The maximum absolute atomic E-state index is 11.9. The molecule has 0 unspecified atom stereocenters. The fraction of sp³-hybridized carbons (Fsp3) is 0.200. The molecule has 0 atom stereocenters. The third kappa shape index (κ3) is 3.32. The van der Waals surface area contributed by atoms with Crippen LogP contribution in [0.5, 0.6) is 0 Å². The number of hydrogen-bond donors (Lipinski definition) is 3. The van der Waals surface area contributed by atoms with E-state index in [1.807, 2.05) is 30.3 Å². The number of nitrogens with two attached hydrogens (primary N) is 1. The van der Waals surface area contributed by atoms with Crippen LogP contribution in [-0.4, -0.2) is 27.1 Å². The average Bonchev–Trinajstić information content (AvgIpc) is 2.92. The molecular formula is C20H20N2O4. The molecule has 134 valence electrons. The average molecular weight is 352 g/mol. The minimum absolute atomic E-state index is 0.0272. The van der Waals surface area contributed by atoms with Crippen LogP contribution in [-0.2, 0) is 17.6 Å². The molecule has 1 amide bonds. The van der Waals surface area contributed by atoms with E-state index in [4.69, 9.17) is 5.73 Å². The summed E-state index contributed by atoms with van der Waals surface area (Å²) in [6.07, 6.45) is 3.09. The lowest BCUT2D eigenvalue weighted by molar-refractivity contribution is -0.114. The lowest BCUT2D eigenvalue weighted by Crippen LogP contribution is -2.23. The van der Waals surface area contributed by atoms with Gasteiger partial charge in [0.05, 0.1) is 10.7 Å². The Bertz CT molecular complexity index is 1050. The number of fused-ring (bicyclic) bond motifs is 1. The van der Waals surface area contributed by atoms with Crippen LogP contribution in [0.3, 0.4) is 0 Å². The monoisotopic (exact) mass is 352 g/mol. The molecule has 2 heterocycles. The van der Waals surface area contributed by atoms with Crippen molar-refractivity contribution in [3.05, 3.63) is 80.9 Å². The lowest BCUT2D eigenvalue weighted by Gasteiger charge is -2.07. The van der Waals surface area contributed by atoms with Gasteiger partial charge in [0.2, 0.25) is 0 Å². The molecule has 0 aliphatic rings. The molecule has 4 N–H and O–H groups in total. The Balaban J connectivity index is 2.36. The van der Waals surface area contributed by atoms with Crippen LogP contribution in [0.25, 0.3) is 11.3 Å². The standard InChI is InChI=1S/C20H20N2O4/c21-20(26)19(25)18-15(7-4-10-23)16(11-13-5-2-1-3-6-13)22-9-8-14(24)12-17(18)22/h1-3,5-6,8-9,12,23,25H,4,7,10-11H2,(H2,21,26)/b19-18-. The number of benzene rings is 1. The maximum atomic E-state index is 11.9. The number of hydrogen-bond acceptors (Lipinski definition) is 4. The lowest BCUT2D eigenvalue weighted by atomic mass is 10.0. The van der Waals surface area contributed by atoms with Gasteiger partial charge in [-0.2, -0.15) is 0 Å². The van der Waals surface area contributed by atoms with Crippen molar-refractivity contribution in [2.45, 2.75) is 19.3 Å². The summed E-state index contributed by atoms with van der Waals surface area (Å²) in [4.78, 5) is 23.5. The maximum Gasteiger partial charge on any atom is 0.284 e. The van der Waals surface area contributed by atoms with Gasteiger partial charge < -0.3 is 20.3 Å². The van der Waals surface area contributed by atoms with Gasteiger partial charge in [-0.1, -0.05) is 30.3 Å². The molecular weight excluding hydrogens is 332 g/mol. The minimum Gasteiger partial charge on any atom is -0.503 e. The zero-order valence-electron chi connectivity index (χ0n) is 14.2. The first-order valence-corrected chi connectivity index (χ1v) is 8.36. The smallest absolute Gasteiger partial charge is 0.284 e. The molecule has 3 rings (SSSR count). The molecule has 0 saturated carbocycles. The number of carbonyl (C=O) groups excluding carboxylic acids is 1. The molecule has 26 heavy (non-hydrogen) atoms. The minimum atomic E-state index is -0.953. The Morgan fingerprint density at radius 3 is 2.54 bits per heavy atom. The number of aromatic nitrogens is 1. The highest BCUT2D eigenvalue weighted by molar-refractivity contribution is 6.09. The topological polar surface area (TPSA) is 105 Å². The summed E-state index contributed by atoms with van der Waals surface area (Å²) in [6, 6.07) is 12.6. The predicted molar refractivity (Wildman–Crippen MR) is 98.8 cm³/mol. The number of aliphatic hydroxyl groups excluding tert-OH is 2. The summed E-state index contributed by atoms with van der Waals surface area (Å²) >= 11 is 0. The van der Waals surface area contributed by atoms with Crippen LogP contribution in [0.1, 0.15) is 23.2 Å². The summed E-state index contributed by atoms with van der Waals surface area (Å²) in [6.45, 7) is -0.0272. The molecule has 0 spiro atoms. The Hall–Kier alpha value is -3.12. The molecule has 0 bridgehead atoms. The van der Waals surface area contributed by atoms with E-state index in [-0.39, 0.29) is 17.3 Å². The van der Waals surface area contributed by atoms with Crippen molar-refractivity contribution in [3.8, 4) is 0 Å². The molecule has 0 aliphatic carbocycles. The highest BCUT2D eigenvalue weighted by atomic mass is 16.3. The normalized spacial score (nSPS) is 12.3. The second-order valence-corrected chi connectivity index (χ2v) is 6.12. The van der Waals surface area contributed by atoms with Gasteiger partial charge in [-0.15, -0.1) is 0 Å². The van der Waals surface area contributed by atoms with Gasteiger partial charge in [-0.05, 0) is 24.0 Å². The van der Waals surface area contributed by atoms with E-state index in [2.05, 4.69) is 0 Å². The molecule has 3 aromatic rings. The second kappa shape index (κ2) is 7.41. The van der Waals surface area contributed by atoms with Crippen LogP contribution in [0.2, 0.25) is 0 Å². The number of pyridine rings is 1. The Labute approximate surface area is 149 Å². The van der Waals surface area contributed by atoms with Crippen LogP contribution < -0.4 is 16.4 Å².